The maximum Gasteiger partial charge on any atom is 0.289 e. The van der Waals surface area contributed by atoms with E-state index in [2.05, 4.69) is 20.7 Å². The van der Waals surface area contributed by atoms with E-state index in [0.29, 0.717) is 23.7 Å². The Balaban J connectivity index is 3.38. The third kappa shape index (κ3) is 4.02. The summed E-state index contributed by atoms with van der Waals surface area (Å²) in [5.41, 5.74) is -1.02. The molecule has 0 radical (unpaired) electrons. The average Bonchev–Trinajstić information content (AvgIpc) is 2.44. The van der Waals surface area contributed by atoms with Crippen LogP contribution in [0.15, 0.2) is 27.6 Å². The summed E-state index contributed by atoms with van der Waals surface area (Å²) in [6, 6.07) is 3.89. The summed E-state index contributed by atoms with van der Waals surface area (Å²) in [4.78, 5) is 10.0. The molecule has 0 aliphatic carbocycles. The van der Waals surface area contributed by atoms with E-state index in [1.165, 1.54) is 18.2 Å². The van der Waals surface area contributed by atoms with Crippen molar-refractivity contribution in [3.8, 4) is 0 Å². The largest absolute Gasteiger partial charge is 0.289 e. The fourth-order valence-electron chi connectivity index (χ4n) is 2.16. The highest BCUT2D eigenvalue weighted by Crippen LogP contribution is 2.30. The van der Waals surface area contributed by atoms with E-state index in [1.54, 1.807) is 0 Å². The molecule has 0 saturated heterocycles. The van der Waals surface area contributed by atoms with E-state index < -0.39 is 26.2 Å². The maximum atomic E-state index is 12.6. The van der Waals surface area contributed by atoms with Gasteiger partial charge in [-0.05, 0) is 31.4 Å². The van der Waals surface area contributed by atoms with Gasteiger partial charge in [0.2, 0.25) is 10.0 Å². The van der Waals surface area contributed by atoms with Gasteiger partial charge >= 0.3 is 0 Å². The summed E-state index contributed by atoms with van der Waals surface area (Å²) < 4.78 is 28.2. The highest BCUT2D eigenvalue weighted by Gasteiger charge is 2.34. The van der Waals surface area contributed by atoms with Crippen molar-refractivity contribution in [2.45, 2.75) is 50.5 Å². The summed E-state index contributed by atoms with van der Waals surface area (Å²) in [5.74, 6) is 0. The molecule has 6 nitrogen and oxygen atoms in total. The molecule has 1 rings (SSSR count). The number of rotatable bonds is 7. The van der Waals surface area contributed by atoms with E-state index in [4.69, 9.17) is 0 Å². The molecule has 1 N–H and O–H groups in total. The lowest BCUT2D eigenvalue weighted by Crippen LogP contribution is -2.47. The van der Waals surface area contributed by atoms with E-state index in [-0.39, 0.29) is 4.90 Å². The van der Waals surface area contributed by atoms with Crippen molar-refractivity contribution in [2.75, 3.05) is 0 Å². The van der Waals surface area contributed by atoms with Gasteiger partial charge in [0.1, 0.15) is 0 Å². The lowest BCUT2D eigenvalue weighted by molar-refractivity contribution is -0.387. The van der Waals surface area contributed by atoms with Crippen molar-refractivity contribution in [3.05, 3.63) is 32.8 Å². The summed E-state index contributed by atoms with van der Waals surface area (Å²) >= 11 is 3.15. The molecule has 0 bridgehead atoms. The van der Waals surface area contributed by atoms with Crippen molar-refractivity contribution in [3.63, 3.8) is 0 Å². The van der Waals surface area contributed by atoms with Crippen molar-refractivity contribution < 1.29 is 13.3 Å². The van der Waals surface area contributed by atoms with Crippen molar-refractivity contribution in [1.29, 1.82) is 0 Å². The fraction of sp³-hybridized carbons (Fsp3) is 0.538. The Morgan fingerprint density at radius 1 is 1.24 bits per heavy atom. The molecular formula is C13H19BrN2O4S. The van der Waals surface area contributed by atoms with Gasteiger partial charge in [-0.1, -0.05) is 36.7 Å². The van der Waals surface area contributed by atoms with E-state index in [1.807, 2.05) is 20.8 Å². The van der Waals surface area contributed by atoms with Crippen LogP contribution in [0.5, 0.6) is 0 Å². The Morgan fingerprint density at radius 2 is 1.76 bits per heavy atom. The van der Waals surface area contributed by atoms with Crippen LogP contribution in [-0.4, -0.2) is 18.9 Å². The Labute approximate surface area is 133 Å². The Bertz CT molecular complexity index is 619. The van der Waals surface area contributed by atoms with E-state index in [9.17, 15) is 18.5 Å². The fourth-order valence-corrected chi connectivity index (χ4v) is 4.49. The van der Waals surface area contributed by atoms with Gasteiger partial charge in [-0.2, -0.15) is 0 Å². The summed E-state index contributed by atoms with van der Waals surface area (Å²) in [7, 11) is -3.97. The summed E-state index contributed by atoms with van der Waals surface area (Å²) in [6.45, 7) is 5.68. The Morgan fingerprint density at radius 3 is 2.19 bits per heavy atom. The van der Waals surface area contributed by atoms with Crippen LogP contribution in [0.3, 0.4) is 0 Å². The lowest BCUT2D eigenvalue weighted by Gasteiger charge is -2.31. The number of halogens is 1. The zero-order valence-electron chi connectivity index (χ0n) is 12.2. The molecule has 0 amide bonds. The van der Waals surface area contributed by atoms with Crippen LogP contribution >= 0.6 is 15.9 Å². The molecule has 0 heterocycles. The third-order valence-corrected chi connectivity index (χ3v) is 5.89. The molecule has 0 spiro atoms. The molecule has 0 aromatic heterocycles. The maximum absolute atomic E-state index is 12.6. The molecule has 1 aromatic rings. The number of benzene rings is 1. The number of hydrogen-bond donors (Lipinski definition) is 1. The topological polar surface area (TPSA) is 89.3 Å². The highest BCUT2D eigenvalue weighted by atomic mass is 79.9. The molecule has 0 fully saturated rings. The first kappa shape index (κ1) is 18.1. The molecule has 1 aromatic carbocycles. The van der Waals surface area contributed by atoms with Crippen LogP contribution < -0.4 is 4.72 Å². The standard InChI is InChI=1S/C13H19BrN2O4S/c1-4-13(5-2,6-3)15-21(19,20)12-9-10(14)7-8-11(12)16(17)18/h7-9,15H,4-6H2,1-3H3. The predicted octanol–water partition coefficient (Wildman–Crippen LogP) is 3.60. The quantitative estimate of drug-likeness (QED) is 0.579. The van der Waals surface area contributed by atoms with Crippen molar-refractivity contribution in [1.82, 2.24) is 4.72 Å². The molecule has 0 unspecified atom stereocenters. The molecule has 0 saturated carbocycles. The van der Waals surface area contributed by atoms with Gasteiger partial charge in [0.15, 0.2) is 4.90 Å². The smallest absolute Gasteiger partial charge is 0.258 e. The zero-order chi connectivity index (χ0) is 16.3. The normalized spacial score (nSPS) is 12.4. The molecule has 0 aliphatic rings. The molecule has 0 aliphatic heterocycles. The van der Waals surface area contributed by atoms with Crippen LogP contribution in [0.1, 0.15) is 40.0 Å². The number of nitro groups is 1. The molecule has 21 heavy (non-hydrogen) atoms. The monoisotopic (exact) mass is 378 g/mol. The van der Waals surface area contributed by atoms with Crippen LogP contribution in [0.2, 0.25) is 0 Å². The van der Waals surface area contributed by atoms with E-state index >= 15 is 0 Å². The van der Waals surface area contributed by atoms with E-state index in [0.717, 1.165) is 0 Å². The summed E-state index contributed by atoms with van der Waals surface area (Å²) in [5, 5.41) is 11.1. The molecular weight excluding hydrogens is 360 g/mol. The average molecular weight is 379 g/mol. The molecule has 8 heteroatoms. The number of hydrogen-bond acceptors (Lipinski definition) is 4. The number of sulfonamides is 1. The minimum atomic E-state index is -3.97. The van der Waals surface area contributed by atoms with Gasteiger partial charge in [0.25, 0.3) is 5.69 Å². The SMILES string of the molecule is CCC(CC)(CC)NS(=O)(=O)c1cc(Br)ccc1[N+](=O)[O-]. The van der Waals surface area contributed by atoms with Gasteiger partial charge in [0.05, 0.1) is 4.92 Å². The lowest BCUT2D eigenvalue weighted by atomic mass is 9.91. The minimum absolute atomic E-state index is 0.318. The third-order valence-electron chi connectivity index (χ3n) is 3.79. The predicted molar refractivity (Wildman–Crippen MR) is 84.7 cm³/mol. The Kier molecular flexibility index (Phi) is 5.89. The second kappa shape index (κ2) is 6.85. The van der Waals surface area contributed by atoms with Crippen molar-refractivity contribution >= 4 is 31.6 Å². The first-order valence-corrected chi connectivity index (χ1v) is 8.97. The Hall–Kier alpha value is -0.990. The minimum Gasteiger partial charge on any atom is -0.258 e. The number of nitro benzene ring substituents is 1. The zero-order valence-corrected chi connectivity index (χ0v) is 14.6. The number of nitrogens with one attached hydrogen (secondary N) is 1. The highest BCUT2D eigenvalue weighted by molar-refractivity contribution is 9.10. The molecule has 118 valence electrons. The van der Waals surface area contributed by atoms with Crippen LogP contribution in [0, 0.1) is 10.1 Å². The van der Waals surface area contributed by atoms with Gasteiger partial charge in [-0.3, -0.25) is 10.1 Å². The summed E-state index contributed by atoms with van der Waals surface area (Å²) in [6.07, 6.45) is 1.84. The van der Waals surface area contributed by atoms with Gasteiger partial charge in [0, 0.05) is 16.1 Å². The first-order chi connectivity index (χ1) is 9.71. The second-order valence-corrected chi connectivity index (χ2v) is 7.38. The van der Waals surface area contributed by atoms with Crippen molar-refractivity contribution in [2.24, 2.45) is 0 Å². The van der Waals surface area contributed by atoms with Gasteiger partial charge in [-0.15, -0.1) is 0 Å². The molecule has 0 atom stereocenters. The van der Waals surface area contributed by atoms with Gasteiger partial charge < -0.3 is 0 Å². The second-order valence-electron chi connectivity index (χ2n) is 4.82. The van der Waals surface area contributed by atoms with Crippen LogP contribution in [0.25, 0.3) is 0 Å². The van der Waals surface area contributed by atoms with Crippen LogP contribution in [0.4, 0.5) is 5.69 Å². The van der Waals surface area contributed by atoms with Gasteiger partial charge in [-0.25, -0.2) is 13.1 Å². The first-order valence-electron chi connectivity index (χ1n) is 6.69. The number of nitrogens with zero attached hydrogens (tertiary/aromatic N) is 1. The van der Waals surface area contributed by atoms with Crippen LogP contribution in [-0.2, 0) is 10.0 Å².